The first-order chi connectivity index (χ1) is 50.2. The lowest BCUT2D eigenvalue weighted by Gasteiger charge is -2.54. The second-order valence-electron chi connectivity index (χ2n) is 32.6. The number of likely N-dealkylation sites (N-methyl/N-ethyl adjacent to an activating group) is 7. The molecular weight excluding hydrogens is 1400 g/mol. The van der Waals surface area contributed by atoms with Crippen LogP contribution in [0.15, 0.2) is 12.2 Å². The number of fused-ring (bicyclic) bond motifs is 3. The molecule has 2 unspecified atom stereocenters. The fraction of sp³-hybridized carbons (Fsp3) is 0.816. The summed E-state index contributed by atoms with van der Waals surface area (Å²) >= 11 is 0. The SMILES string of the molecule is CCOC[C@H]1C(=O)N[C@@H]([C@@H](C)OCC)C(=O)N(C)CC(=O)N(C)[C@H]2C/C=C\CCN(C2=O)[C@@H](CC2CCC(C)CC2)C(=O)N(C)CC(=O)N[C@@H](CCC2CC(F)C(C(F)(F)F)C(F)C2)C(=O)N2C[C@@H](C)C[C@H]2C(=O)NC2(CC(C)(C)C2)C(=O)N(C)[C@@H](C2CCCC2)C(=O)N(C)[C@H](C(=O)N(C)CC)CC(=O)N1C. The minimum atomic E-state index is -5.17. The van der Waals surface area contributed by atoms with E-state index in [0.717, 1.165) is 45.3 Å². The summed E-state index contributed by atoms with van der Waals surface area (Å²) in [6, 6.07) is -11.1. The van der Waals surface area contributed by atoms with E-state index in [-0.39, 0.29) is 89.6 Å². The quantitative estimate of drug-likeness (QED) is 0.144. The molecule has 4 aliphatic carbocycles. The number of nitrogens with one attached hydrogen (secondary N) is 3. The Morgan fingerprint density at radius 1 is 0.664 bits per heavy atom. The van der Waals surface area contributed by atoms with Crippen molar-refractivity contribution in [1.82, 2.24) is 60.0 Å². The Bertz CT molecular complexity index is 3190. The van der Waals surface area contributed by atoms with E-state index in [2.05, 4.69) is 22.9 Å². The predicted octanol–water partition coefficient (Wildman–Crippen LogP) is 5.44. The van der Waals surface area contributed by atoms with E-state index in [1.807, 2.05) is 19.9 Å². The highest BCUT2D eigenvalue weighted by Gasteiger charge is 2.60. The van der Waals surface area contributed by atoms with Crippen LogP contribution >= 0.6 is 0 Å². The molecule has 7 rings (SSSR count). The lowest BCUT2D eigenvalue weighted by molar-refractivity contribution is -0.219. The highest BCUT2D eigenvalue weighted by Crippen LogP contribution is 2.50. The Morgan fingerprint density at radius 3 is 1.88 bits per heavy atom. The summed E-state index contributed by atoms with van der Waals surface area (Å²) in [6.07, 6.45) is -4.43. The summed E-state index contributed by atoms with van der Waals surface area (Å²) < 4.78 is 84.6. The van der Waals surface area contributed by atoms with Crippen molar-refractivity contribution >= 4 is 70.9 Å². The van der Waals surface area contributed by atoms with Crippen LogP contribution in [0, 0.1) is 40.9 Å². The van der Waals surface area contributed by atoms with Gasteiger partial charge in [0.25, 0.3) is 0 Å². The molecule has 0 aromatic rings. The minimum absolute atomic E-state index is 0.00782. The van der Waals surface area contributed by atoms with Crippen LogP contribution in [0.5, 0.6) is 0 Å². The van der Waals surface area contributed by atoms with Crippen molar-refractivity contribution in [2.24, 2.45) is 40.9 Å². The Labute approximate surface area is 628 Å². The number of nitrogens with zero attached hydrogens (tertiary/aromatic N) is 9. The van der Waals surface area contributed by atoms with Crippen LogP contribution in [-0.4, -0.2) is 295 Å². The molecule has 3 aliphatic heterocycles. The molecule has 1 spiro atoms. The second kappa shape index (κ2) is 37.6. The molecule has 3 N–H and O–H groups in total. The van der Waals surface area contributed by atoms with Gasteiger partial charge in [0.1, 0.15) is 72.1 Å². The number of ether oxygens (including phenoxy) is 2. The number of carbonyl (C=O) groups is 12. The number of carbonyl (C=O) groups excluding carboxylic acids is 12. The van der Waals surface area contributed by atoms with Gasteiger partial charge < -0.3 is 69.5 Å². The number of halogens is 5. The Morgan fingerprint density at radius 2 is 1.29 bits per heavy atom. The monoisotopic (exact) mass is 1520 g/mol. The molecule has 604 valence electrons. The van der Waals surface area contributed by atoms with Crippen LogP contribution in [0.1, 0.15) is 177 Å². The average Bonchev–Trinajstić information content (AvgIpc) is 1.52. The Kier molecular flexibility index (Phi) is 30.6. The fourth-order valence-corrected chi connectivity index (χ4v) is 17.6. The third kappa shape index (κ3) is 21.3. The third-order valence-electron chi connectivity index (χ3n) is 23.8. The van der Waals surface area contributed by atoms with Crippen molar-refractivity contribution in [3.63, 3.8) is 0 Å². The molecule has 12 amide bonds. The maximum Gasteiger partial charge on any atom is 0.397 e. The number of alkyl halides is 5. The molecule has 6 fully saturated rings. The van der Waals surface area contributed by atoms with E-state index in [1.54, 1.807) is 33.8 Å². The van der Waals surface area contributed by atoms with Crippen molar-refractivity contribution in [3.05, 3.63) is 12.2 Å². The van der Waals surface area contributed by atoms with Crippen molar-refractivity contribution in [2.45, 2.75) is 256 Å². The summed E-state index contributed by atoms with van der Waals surface area (Å²) in [5.41, 5.74) is -2.25. The van der Waals surface area contributed by atoms with Crippen LogP contribution < -0.4 is 16.0 Å². The van der Waals surface area contributed by atoms with Gasteiger partial charge in [-0.25, -0.2) is 8.78 Å². The lowest BCUT2D eigenvalue weighted by Crippen LogP contribution is -2.71. The largest absolute Gasteiger partial charge is 0.397 e. The van der Waals surface area contributed by atoms with Gasteiger partial charge >= 0.3 is 6.18 Å². The van der Waals surface area contributed by atoms with Gasteiger partial charge in [0.2, 0.25) is 70.9 Å². The molecule has 3 heterocycles. The minimum Gasteiger partial charge on any atom is -0.379 e. The summed E-state index contributed by atoms with van der Waals surface area (Å²) in [5.74, 6) is -13.3. The first kappa shape index (κ1) is 87.2. The van der Waals surface area contributed by atoms with Gasteiger partial charge in [-0.2, -0.15) is 13.2 Å². The van der Waals surface area contributed by atoms with Gasteiger partial charge in [-0.1, -0.05) is 78.4 Å². The molecule has 12 atom stereocenters. The molecular formula is C76H121F5N12O14. The van der Waals surface area contributed by atoms with Gasteiger partial charge in [-0.15, -0.1) is 0 Å². The highest BCUT2D eigenvalue weighted by molar-refractivity contribution is 6.01. The Balaban J connectivity index is 1.33. The van der Waals surface area contributed by atoms with E-state index < -0.39 is 212 Å². The molecule has 4 saturated carbocycles. The summed E-state index contributed by atoms with van der Waals surface area (Å²) in [7, 11) is 9.71. The van der Waals surface area contributed by atoms with Crippen LogP contribution in [0.4, 0.5) is 22.0 Å². The maximum absolute atomic E-state index is 15.8. The predicted molar refractivity (Wildman–Crippen MR) is 387 cm³/mol. The molecule has 26 nitrogen and oxygen atoms in total. The second-order valence-corrected chi connectivity index (χ2v) is 32.6. The van der Waals surface area contributed by atoms with Crippen LogP contribution in [0.3, 0.4) is 0 Å². The topological polar surface area (TPSA) is 289 Å². The van der Waals surface area contributed by atoms with Gasteiger partial charge in [0.15, 0.2) is 0 Å². The van der Waals surface area contributed by atoms with E-state index >= 15 is 37.5 Å². The molecule has 0 aromatic carbocycles. The third-order valence-corrected chi connectivity index (χ3v) is 23.8. The molecule has 0 aromatic heterocycles. The van der Waals surface area contributed by atoms with Crippen molar-refractivity contribution in [2.75, 3.05) is 102 Å². The normalized spacial score (nSPS) is 32.4. The van der Waals surface area contributed by atoms with E-state index in [4.69, 9.17) is 9.47 Å². The average molecular weight is 1520 g/mol. The van der Waals surface area contributed by atoms with Crippen molar-refractivity contribution < 1.29 is 89.0 Å². The molecule has 2 bridgehead atoms. The highest BCUT2D eigenvalue weighted by atomic mass is 19.4. The number of rotatable bonds is 14. The smallest absolute Gasteiger partial charge is 0.379 e. The zero-order valence-corrected chi connectivity index (χ0v) is 65.7. The summed E-state index contributed by atoms with van der Waals surface area (Å²) in [5, 5.41) is 8.51. The number of hydrogen-bond acceptors (Lipinski definition) is 14. The Hall–Kier alpha value is -7.05. The maximum atomic E-state index is 15.8. The van der Waals surface area contributed by atoms with Crippen LogP contribution in [0.25, 0.3) is 0 Å². The van der Waals surface area contributed by atoms with Gasteiger partial charge in [0, 0.05) is 82.2 Å². The number of amides is 12. The van der Waals surface area contributed by atoms with Crippen LogP contribution in [-0.2, 0) is 67.0 Å². The summed E-state index contributed by atoms with van der Waals surface area (Å²) in [4.78, 5) is 193. The first-order valence-corrected chi connectivity index (χ1v) is 38.7. The fourth-order valence-electron chi connectivity index (χ4n) is 17.6. The first-order valence-electron chi connectivity index (χ1n) is 38.7. The number of hydrogen-bond donors (Lipinski definition) is 3. The molecule has 0 radical (unpaired) electrons. The zero-order chi connectivity index (χ0) is 79.5. The molecule has 107 heavy (non-hydrogen) atoms. The van der Waals surface area contributed by atoms with E-state index in [1.165, 1.54) is 80.8 Å². The standard InChI is InChI=1S/C76H121F5N12O14/c1-16-85(9)68(100)56-38-60(95)89(13)58(42-106-17-2)65(97)83-63(47(6)107-18-3)71(103)87(11)41-61(96)88(12)54-26-20-19-23-33-92(70(54)102)57(37-48-29-27-45(4)28-30-48)69(101)86(10)40-59(94)82-53(32-31-49-35-51(77)62(52(78)36-49)76(79,80)81)67(99)93-39-46(5)34-55(93)66(98)84-75(43-74(7,8)44-75)73(105)91(15)64(72(104)90(56)14)50-24-21-22-25-50/h19-20,45-58,62-64H,16-18,21-44H2,1-15H3,(H,82,94)(H,83,97)(H,84,98)/b20-19-/t45?,46-,47+,48?,49?,51?,52?,53-,54-,55-,56-,57-,58-,62?,63-,64-/m0/s1. The van der Waals surface area contributed by atoms with Gasteiger partial charge in [0.05, 0.1) is 32.2 Å². The molecule has 31 heteroatoms. The van der Waals surface area contributed by atoms with Gasteiger partial charge in [-0.05, 0) is 140 Å². The van der Waals surface area contributed by atoms with E-state index in [9.17, 15) is 41.9 Å². The van der Waals surface area contributed by atoms with Crippen LogP contribution in [0.2, 0.25) is 0 Å². The van der Waals surface area contributed by atoms with Gasteiger partial charge in [-0.3, -0.25) is 57.5 Å². The molecule has 7 aliphatic rings. The molecule has 2 saturated heterocycles. The van der Waals surface area contributed by atoms with Crippen molar-refractivity contribution in [3.8, 4) is 0 Å². The summed E-state index contributed by atoms with van der Waals surface area (Å²) in [6.45, 7) is 12.8. The zero-order valence-electron chi connectivity index (χ0n) is 65.7. The van der Waals surface area contributed by atoms with Crippen molar-refractivity contribution in [1.29, 1.82) is 0 Å². The lowest BCUT2D eigenvalue weighted by atomic mass is 9.58. The van der Waals surface area contributed by atoms with E-state index in [0.29, 0.717) is 38.0 Å².